The number of thiophene rings is 1. The number of likely N-dealkylation sites (tertiary alicyclic amines) is 1. The Labute approximate surface area is 166 Å². The maximum Gasteiger partial charge on any atom is 0.263 e. The molecule has 0 spiro atoms. The number of nitrogens with zero attached hydrogens (tertiary/aromatic N) is 2. The predicted molar refractivity (Wildman–Crippen MR) is 108 cm³/mol. The monoisotopic (exact) mass is 395 g/mol. The number of amides is 2. The summed E-state index contributed by atoms with van der Waals surface area (Å²) in [5.41, 5.74) is 1.70. The smallest absolute Gasteiger partial charge is 0.263 e. The molecule has 1 saturated heterocycles. The molecular weight excluding hydrogens is 374 g/mol. The molecule has 3 heterocycles. The third kappa shape index (κ3) is 3.42. The minimum atomic E-state index is 0.0351. The number of hydrogen-bond donors (Lipinski definition) is 1. The maximum atomic E-state index is 12.8. The van der Waals surface area contributed by atoms with Crippen molar-refractivity contribution in [2.24, 2.45) is 5.92 Å². The van der Waals surface area contributed by atoms with Crippen molar-refractivity contribution in [3.05, 3.63) is 47.2 Å². The molecule has 1 saturated carbocycles. The minimum absolute atomic E-state index is 0.0351. The van der Waals surface area contributed by atoms with Crippen molar-refractivity contribution in [3.63, 3.8) is 0 Å². The molecule has 2 fully saturated rings. The van der Waals surface area contributed by atoms with Crippen molar-refractivity contribution < 1.29 is 14.0 Å². The van der Waals surface area contributed by atoms with E-state index in [9.17, 15) is 9.59 Å². The lowest BCUT2D eigenvalue weighted by atomic mass is 9.96. The van der Waals surface area contributed by atoms with Gasteiger partial charge in [0.05, 0.1) is 9.88 Å². The zero-order chi connectivity index (χ0) is 19.1. The van der Waals surface area contributed by atoms with Crippen LogP contribution in [0.15, 0.2) is 40.8 Å². The number of oxazole rings is 1. The highest BCUT2D eigenvalue weighted by Gasteiger charge is 2.31. The van der Waals surface area contributed by atoms with Gasteiger partial charge >= 0.3 is 0 Å². The van der Waals surface area contributed by atoms with Crippen LogP contribution in [0.25, 0.3) is 11.1 Å². The number of carbonyl (C=O) groups is 2. The van der Waals surface area contributed by atoms with Gasteiger partial charge in [0.15, 0.2) is 11.5 Å². The van der Waals surface area contributed by atoms with Crippen molar-refractivity contribution >= 4 is 39.3 Å². The standard InChI is InChI=1S/C21H21N3O3S/c25-19(13-5-6-13)23-18-8-7-17(28-18)21(26)24-11-9-14(10-12-24)20-22-15-3-1-2-4-16(15)27-20/h1-4,7-8,13-14H,5-6,9-12H2,(H,23,25). The van der Waals surface area contributed by atoms with Gasteiger partial charge in [-0.05, 0) is 49.9 Å². The Morgan fingerprint density at radius 1 is 1.07 bits per heavy atom. The molecule has 0 bridgehead atoms. The first-order chi connectivity index (χ1) is 13.7. The SMILES string of the molecule is O=C(Nc1ccc(C(=O)N2CCC(c3nc4ccccc4o3)CC2)s1)C1CC1. The largest absolute Gasteiger partial charge is 0.440 e. The Balaban J connectivity index is 1.21. The minimum Gasteiger partial charge on any atom is -0.440 e. The molecule has 0 unspecified atom stereocenters. The summed E-state index contributed by atoms with van der Waals surface area (Å²) in [4.78, 5) is 31.9. The summed E-state index contributed by atoms with van der Waals surface area (Å²) in [7, 11) is 0. The van der Waals surface area contributed by atoms with Crippen LogP contribution in [0, 0.1) is 5.92 Å². The van der Waals surface area contributed by atoms with Gasteiger partial charge in [0.2, 0.25) is 5.91 Å². The molecule has 0 radical (unpaired) electrons. The summed E-state index contributed by atoms with van der Waals surface area (Å²) in [6.07, 6.45) is 3.63. The topological polar surface area (TPSA) is 75.4 Å². The van der Waals surface area contributed by atoms with Crippen LogP contribution in [0.4, 0.5) is 5.00 Å². The fourth-order valence-corrected chi connectivity index (χ4v) is 4.52. The van der Waals surface area contributed by atoms with Crippen LogP contribution in [-0.2, 0) is 4.79 Å². The van der Waals surface area contributed by atoms with Crippen molar-refractivity contribution in [3.8, 4) is 0 Å². The number of rotatable bonds is 4. The summed E-state index contributed by atoms with van der Waals surface area (Å²) in [5, 5.41) is 3.66. The average Bonchev–Trinajstić information content (AvgIpc) is 3.33. The predicted octanol–water partition coefficient (Wildman–Crippen LogP) is 4.26. The highest BCUT2D eigenvalue weighted by molar-refractivity contribution is 7.18. The van der Waals surface area contributed by atoms with E-state index in [-0.39, 0.29) is 23.7 Å². The fraction of sp³-hybridized carbons (Fsp3) is 0.381. The molecule has 5 rings (SSSR count). The molecule has 1 aliphatic carbocycles. The Morgan fingerprint density at radius 2 is 1.86 bits per heavy atom. The van der Waals surface area contributed by atoms with E-state index in [1.165, 1.54) is 11.3 Å². The van der Waals surface area contributed by atoms with E-state index in [2.05, 4.69) is 10.3 Å². The van der Waals surface area contributed by atoms with Gasteiger partial charge in [-0.2, -0.15) is 0 Å². The van der Waals surface area contributed by atoms with E-state index >= 15 is 0 Å². The molecule has 144 valence electrons. The van der Waals surface area contributed by atoms with E-state index < -0.39 is 0 Å². The van der Waals surface area contributed by atoms with Gasteiger partial charge in [0, 0.05) is 24.9 Å². The van der Waals surface area contributed by atoms with Crippen LogP contribution >= 0.6 is 11.3 Å². The Hall–Kier alpha value is -2.67. The molecule has 6 nitrogen and oxygen atoms in total. The van der Waals surface area contributed by atoms with Crippen molar-refractivity contribution in [1.82, 2.24) is 9.88 Å². The third-order valence-corrected chi connectivity index (χ3v) is 6.44. The molecule has 7 heteroatoms. The number of benzene rings is 1. The summed E-state index contributed by atoms with van der Waals surface area (Å²) in [6.45, 7) is 1.37. The molecule has 2 aliphatic rings. The molecule has 1 aromatic carbocycles. The van der Waals surface area contributed by atoms with E-state index in [1.54, 1.807) is 0 Å². The van der Waals surface area contributed by atoms with E-state index in [1.807, 2.05) is 41.3 Å². The summed E-state index contributed by atoms with van der Waals surface area (Å²) in [5.74, 6) is 1.28. The highest BCUT2D eigenvalue weighted by atomic mass is 32.1. The van der Waals surface area contributed by atoms with Gasteiger partial charge in [-0.15, -0.1) is 11.3 Å². The Bertz CT molecular complexity index is 995. The zero-order valence-electron chi connectivity index (χ0n) is 15.4. The molecule has 3 aromatic rings. The molecular formula is C21H21N3O3S. The number of aromatic nitrogens is 1. The average molecular weight is 395 g/mol. The van der Waals surface area contributed by atoms with Gasteiger partial charge in [-0.25, -0.2) is 4.98 Å². The first-order valence-electron chi connectivity index (χ1n) is 9.73. The number of hydrogen-bond acceptors (Lipinski definition) is 5. The van der Waals surface area contributed by atoms with Gasteiger partial charge < -0.3 is 14.6 Å². The lowest BCUT2D eigenvalue weighted by molar-refractivity contribution is -0.117. The van der Waals surface area contributed by atoms with Crippen LogP contribution in [0.5, 0.6) is 0 Å². The highest BCUT2D eigenvalue weighted by Crippen LogP contribution is 2.33. The summed E-state index contributed by atoms with van der Waals surface area (Å²) < 4.78 is 5.90. The van der Waals surface area contributed by atoms with Gasteiger partial charge in [-0.1, -0.05) is 12.1 Å². The van der Waals surface area contributed by atoms with Gasteiger partial charge in [-0.3, -0.25) is 9.59 Å². The molecule has 1 aliphatic heterocycles. The number of fused-ring (bicyclic) bond motifs is 1. The second-order valence-electron chi connectivity index (χ2n) is 7.51. The molecule has 2 amide bonds. The number of para-hydroxylation sites is 2. The number of carbonyl (C=O) groups excluding carboxylic acids is 2. The van der Waals surface area contributed by atoms with Crippen LogP contribution in [0.3, 0.4) is 0 Å². The van der Waals surface area contributed by atoms with Gasteiger partial charge in [0.1, 0.15) is 5.52 Å². The quantitative estimate of drug-likeness (QED) is 0.716. The van der Waals surface area contributed by atoms with E-state index in [0.29, 0.717) is 18.0 Å². The first-order valence-corrected chi connectivity index (χ1v) is 10.5. The number of anilines is 1. The molecule has 2 aromatic heterocycles. The van der Waals surface area contributed by atoms with Crippen LogP contribution in [0.1, 0.15) is 47.2 Å². The Kier molecular flexibility index (Phi) is 4.39. The van der Waals surface area contributed by atoms with Crippen LogP contribution < -0.4 is 5.32 Å². The first kappa shape index (κ1) is 17.4. The van der Waals surface area contributed by atoms with Gasteiger partial charge in [0.25, 0.3) is 5.91 Å². The van der Waals surface area contributed by atoms with E-state index in [0.717, 1.165) is 47.7 Å². The van der Waals surface area contributed by atoms with E-state index in [4.69, 9.17) is 4.42 Å². The fourth-order valence-electron chi connectivity index (χ4n) is 3.64. The lowest BCUT2D eigenvalue weighted by Gasteiger charge is -2.30. The summed E-state index contributed by atoms with van der Waals surface area (Å²) >= 11 is 1.35. The maximum absolute atomic E-state index is 12.8. The Morgan fingerprint density at radius 3 is 2.61 bits per heavy atom. The molecule has 1 N–H and O–H groups in total. The molecule has 0 atom stereocenters. The van der Waals surface area contributed by atoms with Crippen molar-refractivity contribution in [1.29, 1.82) is 0 Å². The van der Waals surface area contributed by atoms with Crippen molar-refractivity contribution in [2.75, 3.05) is 18.4 Å². The third-order valence-electron chi connectivity index (χ3n) is 5.45. The number of nitrogens with one attached hydrogen (secondary N) is 1. The summed E-state index contributed by atoms with van der Waals surface area (Å²) in [6, 6.07) is 11.4. The zero-order valence-corrected chi connectivity index (χ0v) is 16.2. The molecule has 28 heavy (non-hydrogen) atoms. The van der Waals surface area contributed by atoms with Crippen LogP contribution in [0.2, 0.25) is 0 Å². The second kappa shape index (κ2) is 7.05. The number of piperidine rings is 1. The lowest BCUT2D eigenvalue weighted by Crippen LogP contribution is -2.37. The van der Waals surface area contributed by atoms with Crippen molar-refractivity contribution in [2.45, 2.75) is 31.6 Å². The normalized spacial score (nSPS) is 17.8. The second-order valence-corrected chi connectivity index (χ2v) is 8.60. The van der Waals surface area contributed by atoms with Crippen LogP contribution in [-0.4, -0.2) is 34.8 Å².